The fourth-order valence-corrected chi connectivity index (χ4v) is 2.33. The number of halogens is 4. The molecule has 23 heavy (non-hydrogen) atoms. The number of nitrogens with one attached hydrogen (secondary N) is 1. The Hall–Kier alpha value is -1.91. The first-order valence-electron chi connectivity index (χ1n) is 6.81. The Morgan fingerprint density at radius 1 is 1.39 bits per heavy atom. The Bertz CT molecular complexity index is 794. The van der Waals surface area contributed by atoms with Gasteiger partial charge < -0.3 is 10.7 Å². The summed E-state index contributed by atoms with van der Waals surface area (Å²) in [5.41, 5.74) is 4.47. The number of fused-ring (bicyclic) bond motifs is 1. The lowest BCUT2D eigenvalue weighted by atomic mass is 10.2. The van der Waals surface area contributed by atoms with Gasteiger partial charge in [0, 0.05) is 6.54 Å². The van der Waals surface area contributed by atoms with Crippen LogP contribution in [0.2, 0.25) is 0 Å². The molecule has 7 nitrogen and oxygen atoms in total. The summed E-state index contributed by atoms with van der Waals surface area (Å²) >= 11 is 3.09. The normalized spacial score (nSPS) is 13.0. The number of alkyl halides is 3. The number of aromatic amines is 1. The van der Waals surface area contributed by atoms with Gasteiger partial charge in [-0.2, -0.15) is 18.2 Å². The standard InChI is InChI=1S/C12H14BrF3N6O/c1-2-3-4-5-22-8-6(18-10(13)21-8)7(20-11(22)23)19-9(17)12(14,15)16/h2-5H2,1H3,(H,18,21)(H2,17,19,20,23). The molecule has 3 N–H and O–H groups in total. The third-order valence-corrected chi connectivity index (χ3v) is 3.45. The number of hydrogen-bond donors (Lipinski definition) is 2. The molecule has 0 unspecified atom stereocenters. The number of imidazole rings is 1. The minimum absolute atomic E-state index is 0.111. The Balaban J connectivity index is 2.57. The first-order valence-corrected chi connectivity index (χ1v) is 7.60. The van der Waals surface area contributed by atoms with Crippen LogP contribution in [0.1, 0.15) is 26.2 Å². The fraction of sp³-hybridized carbons (Fsp3) is 0.500. The molecule has 2 rings (SSSR count). The lowest BCUT2D eigenvalue weighted by Gasteiger charge is -2.08. The van der Waals surface area contributed by atoms with Crippen molar-refractivity contribution in [3.8, 4) is 0 Å². The minimum Gasteiger partial charge on any atom is -0.380 e. The van der Waals surface area contributed by atoms with Gasteiger partial charge in [0.2, 0.25) is 5.84 Å². The van der Waals surface area contributed by atoms with E-state index in [1.165, 1.54) is 4.57 Å². The second-order valence-corrected chi connectivity index (χ2v) is 5.55. The number of unbranched alkanes of at least 4 members (excludes halogenated alkanes) is 2. The summed E-state index contributed by atoms with van der Waals surface area (Å²) in [5, 5.41) is 0. The first-order chi connectivity index (χ1) is 10.7. The largest absolute Gasteiger partial charge is 0.449 e. The third kappa shape index (κ3) is 3.89. The molecule has 0 fully saturated rings. The highest BCUT2D eigenvalue weighted by atomic mass is 79.9. The molecule has 0 radical (unpaired) electrons. The molecule has 0 aliphatic heterocycles. The lowest BCUT2D eigenvalue weighted by Crippen LogP contribution is -2.31. The Morgan fingerprint density at radius 3 is 2.70 bits per heavy atom. The number of aromatic nitrogens is 4. The lowest BCUT2D eigenvalue weighted by molar-refractivity contribution is -0.0597. The molecule has 126 valence electrons. The molecular weight excluding hydrogens is 381 g/mol. The SMILES string of the molecule is CCCCCn1c(=O)nc(N=C(N)C(F)(F)F)c2[nH]c(Br)nc21. The van der Waals surface area contributed by atoms with Crippen LogP contribution in [0, 0.1) is 0 Å². The Labute approximate surface area is 137 Å². The number of rotatable bonds is 5. The van der Waals surface area contributed by atoms with Crippen LogP contribution in [0.3, 0.4) is 0 Å². The molecule has 0 aliphatic rings. The molecule has 0 saturated carbocycles. The van der Waals surface area contributed by atoms with Gasteiger partial charge in [0.25, 0.3) is 0 Å². The van der Waals surface area contributed by atoms with Crippen molar-refractivity contribution in [1.29, 1.82) is 0 Å². The van der Waals surface area contributed by atoms with Gasteiger partial charge in [0.15, 0.2) is 16.2 Å². The van der Waals surface area contributed by atoms with Gasteiger partial charge in [-0.25, -0.2) is 14.8 Å². The number of nitrogens with zero attached hydrogens (tertiary/aromatic N) is 4. The predicted molar refractivity (Wildman–Crippen MR) is 82.7 cm³/mol. The van der Waals surface area contributed by atoms with Crippen LogP contribution in [0.15, 0.2) is 14.5 Å². The number of aryl methyl sites for hydroxylation is 1. The molecule has 0 aromatic carbocycles. The van der Waals surface area contributed by atoms with Gasteiger partial charge >= 0.3 is 11.9 Å². The van der Waals surface area contributed by atoms with E-state index in [1.54, 1.807) is 0 Å². The molecule has 0 bridgehead atoms. The van der Waals surface area contributed by atoms with Crippen molar-refractivity contribution in [2.75, 3.05) is 0 Å². The van der Waals surface area contributed by atoms with Crippen LogP contribution in [0.25, 0.3) is 11.2 Å². The number of hydrogen-bond acceptors (Lipinski definition) is 4. The number of amidine groups is 1. The van der Waals surface area contributed by atoms with Crippen molar-refractivity contribution in [3.63, 3.8) is 0 Å². The minimum atomic E-state index is -4.80. The van der Waals surface area contributed by atoms with E-state index in [4.69, 9.17) is 5.73 Å². The highest BCUT2D eigenvalue weighted by molar-refractivity contribution is 9.10. The van der Waals surface area contributed by atoms with Crippen LogP contribution in [-0.4, -0.2) is 31.5 Å². The summed E-state index contributed by atoms with van der Waals surface area (Å²) < 4.78 is 39.1. The molecular formula is C12H14BrF3N6O. The molecule has 2 heterocycles. The maximum absolute atomic E-state index is 12.5. The van der Waals surface area contributed by atoms with Gasteiger partial charge in [-0.15, -0.1) is 0 Å². The van der Waals surface area contributed by atoms with E-state index in [-0.39, 0.29) is 15.9 Å². The van der Waals surface area contributed by atoms with Crippen LogP contribution in [-0.2, 0) is 6.54 Å². The highest BCUT2D eigenvalue weighted by Crippen LogP contribution is 2.24. The maximum atomic E-state index is 12.5. The van der Waals surface area contributed by atoms with Crippen molar-refractivity contribution in [2.45, 2.75) is 38.9 Å². The summed E-state index contributed by atoms with van der Waals surface area (Å²) in [4.78, 5) is 25.7. The van der Waals surface area contributed by atoms with Crippen LogP contribution >= 0.6 is 15.9 Å². The maximum Gasteiger partial charge on any atom is 0.449 e. The van der Waals surface area contributed by atoms with Gasteiger partial charge in [0.05, 0.1) is 0 Å². The van der Waals surface area contributed by atoms with Crippen molar-refractivity contribution in [2.24, 2.45) is 10.7 Å². The molecule has 0 aliphatic carbocycles. The zero-order valence-electron chi connectivity index (χ0n) is 12.1. The quantitative estimate of drug-likeness (QED) is 0.352. The van der Waals surface area contributed by atoms with Crippen molar-refractivity contribution >= 4 is 38.7 Å². The van der Waals surface area contributed by atoms with E-state index in [2.05, 4.69) is 35.9 Å². The topological polar surface area (TPSA) is 102 Å². The van der Waals surface area contributed by atoms with E-state index in [1.807, 2.05) is 6.92 Å². The summed E-state index contributed by atoms with van der Waals surface area (Å²) in [6.07, 6.45) is -2.22. The van der Waals surface area contributed by atoms with Crippen LogP contribution < -0.4 is 11.4 Å². The van der Waals surface area contributed by atoms with Crippen molar-refractivity contribution < 1.29 is 13.2 Å². The molecule has 2 aromatic rings. The zero-order valence-corrected chi connectivity index (χ0v) is 13.7. The number of aliphatic imine (C=N–C) groups is 1. The molecule has 11 heteroatoms. The Kier molecular flexibility index (Phi) is 5.07. The van der Waals surface area contributed by atoms with Gasteiger partial charge in [0.1, 0.15) is 5.52 Å². The molecule has 0 saturated heterocycles. The van der Waals surface area contributed by atoms with Crippen molar-refractivity contribution in [1.82, 2.24) is 19.5 Å². The van der Waals surface area contributed by atoms with E-state index < -0.39 is 23.5 Å². The smallest absolute Gasteiger partial charge is 0.380 e. The summed E-state index contributed by atoms with van der Waals surface area (Å²) in [6, 6.07) is 0. The third-order valence-electron chi connectivity index (χ3n) is 3.07. The molecule has 0 amide bonds. The zero-order chi connectivity index (χ0) is 17.2. The van der Waals surface area contributed by atoms with E-state index in [0.717, 1.165) is 19.3 Å². The van der Waals surface area contributed by atoms with Crippen molar-refractivity contribution in [3.05, 3.63) is 15.2 Å². The van der Waals surface area contributed by atoms with Gasteiger partial charge in [-0.05, 0) is 22.4 Å². The monoisotopic (exact) mass is 394 g/mol. The summed E-state index contributed by atoms with van der Waals surface area (Å²) in [7, 11) is 0. The van der Waals surface area contributed by atoms with E-state index >= 15 is 0 Å². The average molecular weight is 395 g/mol. The predicted octanol–water partition coefficient (Wildman–Crippen LogP) is 2.62. The summed E-state index contributed by atoms with van der Waals surface area (Å²) in [6.45, 7) is 2.38. The molecule has 0 atom stereocenters. The number of nitrogens with two attached hydrogens (primary N) is 1. The average Bonchev–Trinajstić information content (AvgIpc) is 2.83. The second-order valence-electron chi connectivity index (χ2n) is 4.80. The molecule has 2 aromatic heterocycles. The second kappa shape index (κ2) is 6.69. The van der Waals surface area contributed by atoms with E-state index in [9.17, 15) is 18.0 Å². The first kappa shape index (κ1) is 17.4. The molecule has 0 spiro atoms. The van der Waals surface area contributed by atoms with Crippen LogP contribution in [0.5, 0.6) is 0 Å². The van der Waals surface area contributed by atoms with Gasteiger partial charge in [-0.1, -0.05) is 19.8 Å². The number of H-pyrrole nitrogens is 1. The Morgan fingerprint density at radius 2 is 2.09 bits per heavy atom. The van der Waals surface area contributed by atoms with E-state index in [0.29, 0.717) is 6.54 Å². The van der Waals surface area contributed by atoms with Crippen LogP contribution in [0.4, 0.5) is 19.0 Å². The van der Waals surface area contributed by atoms with Gasteiger partial charge in [-0.3, -0.25) is 4.57 Å². The highest BCUT2D eigenvalue weighted by Gasteiger charge is 2.34. The summed E-state index contributed by atoms with van der Waals surface area (Å²) in [5.74, 6) is -2.02. The fourth-order valence-electron chi connectivity index (χ4n) is 1.96.